The molecule has 158 valence electrons. The van der Waals surface area contributed by atoms with Gasteiger partial charge in [-0.05, 0) is 61.7 Å². The van der Waals surface area contributed by atoms with Gasteiger partial charge in [0.2, 0.25) is 15.9 Å². The second-order valence-electron chi connectivity index (χ2n) is 6.93. The molecular formula is C21H27ClN2O4S. The van der Waals surface area contributed by atoms with Crippen molar-refractivity contribution in [3.8, 4) is 5.75 Å². The van der Waals surface area contributed by atoms with Crippen molar-refractivity contribution in [2.45, 2.75) is 33.2 Å². The first-order chi connectivity index (χ1) is 13.6. The maximum Gasteiger partial charge on any atom is 0.244 e. The Kier molecular flexibility index (Phi) is 7.93. The summed E-state index contributed by atoms with van der Waals surface area (Å²) >= 11 is 6.01. The smallest absolute Gasteiger partial charge is 0.244 e. The Morgan fingerprint density at radius 1 is 1.17 bits per heavy atom. The third kappa shape index (κ3) is 6.65. The number of halogens is 1. The lowest BCUT2D eigenvalue weighted by Gasteiger charge is -2.30. The van der Waals surface area contributed by atoms with E-state index in [0.717, 1.165) is 27.4 Å². The molecule has 2 aromatic rings. The van der Waals surface area contributed by atoms with Gasteiger partial charge in [0.25, 0.3) is 0 Å². The molecule has 0 aliphatic carbocycles. The first-order valence-corrected chi connectivity index (χ1v) is 11.6. The van der Waals surface area contributed by atoms with Crippen molar-refractivity contribution >= 4 is 33.2 Å². The highest BCUT2D eigenvalue weighted by Gasteiger charge is 2.31. The van der Waals surface area contributed by atoms with Gasteiger partial charge in [-0.25, -0.2) is 8.42 Å². The van der Waals surface area contributed by atoms with E-state index in [1.54, 1.807) is 25.1 Å². The molecule has 0 aromatic heterocycles. The molecular weight excluding hydrogens is 412 g/mol. The van der Waals surface area contributed by atoms with Gasteiger partial charge in [-0.15, -0.1) is 0 Å². The van der Waals surface area contributed by atoms with Crippen LogP contribution in [0.2, 0.25) is 5.02 Å². The Hall–Kier alpha value is -2.25. The monoisotopic (exact) mass is 438 g/mol. The molecule has 0 radical (unpaired) electrons. The van der Waals surface area contributed by atoms with Crippen molar-refractivity contribution < 1.29 is 17.9 Å². The van der Waals surface area contributed by atoms with Gasteiger partial charge in [-0.2, -0.15) is 0 Å². The molecule has 0 fully saturated rings. The number of nitrogens with one attached hydrogen (secondary N) is 1. The van der Waals surface area contributed by atoms with E-state index in [2.05, 4.69) is 11.4 Å². The van der Waals surface area contributed by atoms with Crippen LogP contribution in [0.5, 0.6) is 5.75 Å². The number of hydrogen-bond acceptors (Lipinski definition) is 4. The predicted octanol–water partition coefficient (Wildman–Crippen LogP) is 3.70. The van der Waals surface area contributed by atoms with Crippen LogP contribution in [0.1, 0.15) is 24.5 Å². The first kappa shape index (κ1) is 23.0. The highest BCUT2D eigenvalue weighted by atomic mass is 35.5. The van der Waals surface area contributed by atoms with Gasteiger partial charge >= 0.3 is 0 Å². The maximum atomic E-state index is 12.7. The Bertz CT molecular complexity index is 943. The SMILES string of the molecule is CC[C@H](C(=O)NCCOc1cc(C)cc(C)c1)N(c1cccc(Cl)c1)S(C)(=O)=O. The largest absolute Gasteiger partial charge is 0.492 e. The third-order valence-electron chi connectivity index (χ3n) is 4.26. The minimum atomic E-state index is -3.69. The van der Waals surface area contributed by atoms with Crippen LogP contribution in [-0.4, -0.2) is 39.8 Å². The molecule has 0 heterocycles. The van der Waals surface area contributed by atoms with Crippen molar-refractivity contribution in [1.82, 2.24) is 5.32 Å². The Balaban J connectivity index is 2.05. The summed E-state index contributed by atoms with van der Waals surface area (Å²) in [4.78, 5) is 12.7. The van der Waals surface area contributed by atoms with Crippen LogP contribution in [0.4, 0.5) is 5.69 Å². The van der Waals surface area contributed by atoms with Gasteiger partial charge in [-0.3, -0.25) is 9.10 Å². The summed E-state index contributed by atoms with van der Waals surface area (Å²) in [5.74, 6) is 0.349. The fraction of sp³-hybridized carbons (Fsp3) is 0.381. The summed E-state index contributed by atoms with van der Waals surface area (Å²) in [6.45, 7) is 6.28. The average Bonchev–Trinajstić information content (AvgIpc) is 2.61. The number of benzene rings is 2. The molecule has 1 amide bonds. The van der Waals surface area contributed by atoms with Gasteiger partial charge in [0.1, 0.15) is 18.4 Å². The Morgan fingerprint density at radius 3 is 2.38 bits per heavy atom. The molecule has 2 rings (SSSR count). The van der Waals surface area contributed by atoms with Crippen LogP contribution in [0.3, 0.4) is 0 Å². The quantitative estimate of drug-likeness (QED) is 0.606. The molecule has 0 aliphatic rings. The first-order valence-electron chi connectivity index (χ1n) is 9.35. The summed E-state index contributed by atoms with van der Waals surface area (Å²) in [6, 6.07) is 11.5. The van der Waals surface area contributed by atoms with Gasteiger partial charge in [0.05, 0.1) is 18.5 Å². The van der Waals surface area contributed by atoms with E-state index >= 15 is 0 Å². The lowest BCUT2D eigenvalue weighted by atomic mass is 10.1. The molecule has 0 bridgehead atoms. The number of carbonyl (C=O) groups excluding carboxylic acids is 1. The summed E-state index contributed by atoms with van der Waals surface area (Å²) in [5, 5.41) is 3.16. The van der Waals surface area contributed by atoms with Crippen LogP contribution < -0.4 is 14.4 Å². The standard InChI is InChI=1S/C21H27ClN2O4S/c1-5-20(24(29(4,26)27)18-8-6-7-17(22)14-18)21(25)23-9-10-28-19-12-15(2)11-16(3)13-19/h6-8,11-14,20H,5,9-10H2,1-4H3,(H,23,25)/t20-/m1/s1. The zero-order valence-corrected chi connectivity index (χ0v) is 18.7. The number of anilines is 1. The van der Waals surface area contributed by atoms with E-state index in [4.69, 9.17) is 16.3 Å². The highest BCUT2D eigenvalue weighted by Crippen LogP contribution is 2.25. The van der Waals surface area contributed by atoms with E-state index in [-0.39, 0.29) is 19.1 Å². The number of aryl methyl sites for hydroxylation is 2. The van der Waals surface area contributed by atoms with Crippen LogP contribution in [-0.2, 0) is 14.8 Å². The number of carbonyl (C=O) groups is 1. The number of rotatable bonds is 9. The number of ether oxygens (including phenoxy) is 1. The zero-order chi connectivity index (χ0) is 21.6. The van der Waals surface area contributed by atoms with E-state index in [1.165, 1.54) is 6.07 Å². The predicted molar refractivity (Wildman–Crippen MR) is 117 cm³/mol. The minimum Gasteiger partial charge on any atom is -0.492 e. The fourth-order valence-electron chi connectivity index (χ4n) is 3.15. The van der Waals surface area contributed by atoms with E-state index in [0.29, 0.717) is 17.1 Å². The molecule has 0 saturated carbocycles. The molecule has 8 heteroatoms. The molecule has 1 atom stereocenters. The number of sulfonamides is 1. The highest BCUT2D eigenvalue weighted by molar-refractivity contribution is 7.92. The molecule has 2 aromatic carbocycles. The summed E-state index contributed by atoms with van der Waals surface area (Å²) in [5.41, 5.74) is 2.55. The number of hydrogen-bond donors (Lipinski definition) is 1. The van der Waals surface area contributed by atoms with Gasteiger partial charge in [0.15, 0.2) is 0 Å². The van der Waals surface area contributed by atoms with Crippen LogP contribution in [0.15, 0.2) is 42.5 Å². The van der Waals surface area contributed by atoms with Gasteiger partial charge in [0, 0.05) is 5.02 Å². The van der Waals surface area contributed by atoms with E-state index in [1.807, 2.05) is 26.0 Å². The normalized spacial score (nSPS) is 12.3. The van der Waals surface area contributed by atoms with Gasteiger partial charge in [-0.1, -0.05) is 30.7 Å². The fourth-order valence-corrected chi connectivity index (χ4v) is 4.54. The molecule has 0 saturated heterocycles. The van der Waals surface area contributed by atoms with Gasteiger partial charge < -0.3 is 10.1 Å². The number of nitrogens with zero attached hydrogens (tertiary/aromatic N) is 1. The van der Waals surface area contributed by atoms with Crippen LogP contribution in [0, 0.1) is 13.8 Å². The molecule has 1 N–H and O–H groups in total. The molecule has 29 heavy (non-hydrogen) atoms. The minimum absolute atomic E-state index is 0.259. The van der Waals surface area contributed by atoms with Crippen LogP contribution in [0.25, 0.3) is 0 Å². The Morgan fingerprint density at radius 2 is 1.83 bits per heavy atom. The summed E-state index contributed by atoms with van der Waals surface area (Å²) < 4.78 is 31.6. The second-order valence-corrected chi connectivity index (χ2v) is 9.22. The van der Waals surface area contributed by atoms with Crippen molar-refractivity contribution in [1.29, 1.82) is 0 Å². The summed E-state index contributed by atoms with van der Waals surface area (Å²) in [7, 11) is -3.69. The molecule has 6 nitrogen and oxygen atoms in total. The molecule has 0 unspecified atom stereocenters. The lowest BCUT2D eigenvalue weighted by Crippen LogP contribution is -2.50. The number of amides is 1. The van der Waals surface area contributed by atoms with E-state index in [9.17, 15) is 13.2 Å². The maximum absolute atomic E-state index is 12.7. The Labute approximate surface area is 177 Å². The third-order valence-corrected chi connectivity index (χ3v) is 5.67. The molecule has 0 spiro atoms. The van der Waals surface area contributed by atoms with Crippen molar-refractivity contribution in [2.75, 3.05) is 23.7 Å². The van der Waals surface area contributed by atoms with Crippen molar-refractivity contribution in [3.63, 3.8) is 0 Å². The van der Waals surface area contributed by atoms with Crippen molar-refractivity contribution in [3.05, 3.63) is 58.6 Å². The lowest BCUT2D eigenvalue weighted by molar-refractivity contribution is -0.122. The van der Waals surface area contributed by atoms with E-state index < -0.39 is 16.1 Å². The van der Waals surface area contributed by atoms with Crippen LogP contribution >= 0.6 is 11.6 Å². The second kappa shape index (κ2) is 9.98. The average molecular weight is 439 g/mol. The topological polar surface area (TPSA) is 75.7 Å². The van der Waals surface area contributed by atoms with Crippen molar-refractivity contribution in [2.24, 2.45) is 0 Å². The molecule has 0 aliphatic heterocycles. The zero-order valence-electron chi connectivity index (χ0n) is 17.1. The summed E-state index contributed by atoms with van der Waals surface area (Å²) in [6.07, 6.45) is 1.39.